The van der Waals surface area contributed by atoms with Gasteiger partial charge in [-0.3, -0.25) is 0 Å². The highest BCUT2D eigenvalue weighted by Crippen LogP contribution is 2.51. The van der Waals surface area contributed by atoms with Crippen molar-refractivity contribution in [2.75, 3.05) is 6.54 Å². The molecule has 0 aliphatic carbocycles. The van der Waals surface area contributed by atoms with Gasteiger partial charge in [0.1, 0.15) is 0 Å². The summed E-state index contributed by atoms with van der Waals surface area (Å²) in [5, 5.41) is 0. The standard InChI is InChI=1S/C32H68N2/c1-7-9-11-13-15-17-19-21-23-25-27-32(29-33,30(3,4)31(5,6)34)28-26-24-22-20-18-16-14-12-10-8-2/h7-29,33-34H2,1-6H3. The summed E-state index contributed by atoms with van der Waals surface area (Å²) in [5.41, 5.74) is 13.3. The second-order valence-corrected chi connectivity index (χ2v) is 12.7. The third kappa shape index (κ3) is 13.9. The van der Waals surface area contributed by atoms with Crippen LogP contribution in [0.15, 0.2) is 0 Å². The lowest BCUT2D eigenvalue weighted by Crippen LogP contribution is -2.59. The maximum Gasteiger partial charge on any atom is 0.0154 e. The molecule has 0 aromatic carbocycles. The van der Waals surface area contributed by atoms with Gasteiger partial charge in [0.15, 0.2) is 0 Å². The van der Waals surface area contributed by atoms with Gasteiger partial charge in [-0.25, -0.2) is 0 Å². The van der Waals surface area contributed by atoms with Gasteiger partial charge in [-0.05, 0) is 44.1 Å². The van der Waals surface area contributed by atoms with E-state index in [1.165, 1.54) is 141 Å². The highest BCUT2D eigenvalue weighted by Gasteiger charge is 2.49. The van der Waals surface area contributed by atoms with Crippen LogP contribution < -0.4 is 11.5 Å². The Balaban J connectivity index is 4.46. The largest absolute Gasteiger partial charge is 0.330 e. The lowest BCUT2D eigenvalue weighted by atomic mass is 9.53. The van der Waals surface area contributed by atoms with Crippen molar-refractivity contribution in [1.82, 2.24) is 0 Å². The van der Waals surface area contributed by atoms with Crippen molar-refractivity contribution >= 4 is 0 Å². The molecule has 0 radical (unpaired) electrons. The molecule has 0 bridgehead atoms. The minimum absolute atomic E-state index is 0.0350. The molecule has 0 unspecified atom stereocenters. The lowest BCUT2D eigenvalue weighted by molar-refractivity contribution is -0.00760. The zero-order valence-corrected chi connectivity index (χ0v) is 24.9. The van der Waals surface area contributed by atoms with Crippen LogP contribution in [0.2, 0.25) is 0 Å². The molecular weight excluding hydrogens is 412 g/mol. The van der Waals surface area contributed by atoms with Crippen molar-refractivity contribution in [2.45, 2.75) is 188 Å². The molecule has 4 N–H and O–H groups in total. The summed E-state index contributed by atoms with van der Waals surface area (Å²) >= 11 is 0. The molecule has 0 aromatic heterocycles. The van der Waals surface area contributed by atoms with E-state index in [4.69, 9.17) is 11.5 Å². The molecule has 0 fully saturated rings. The van der Waals surface area contributed by atoms with Crippen LogP contribution in [0.1, 0.15) is 183 Å². The Labute approximate surface area is 217 Å². The molecule has 0 rings (SSSR count). The molecular formula is C32H68N2. The van der Waals surface area contributed by atoms with Crippen molar-refractivity contribution in [3.63, 3.8) is 0 Å². The molecule has 2 heteroatoms. The summed E-state index contributed by atoms with van der Waals surface area (Å²) < 4.78 is 0. The van der Waals surface area contributed by atoms with E-state index in [1.54, 1.807) is 0 Å². The summed E-state index contributed by atoms with van der Waals surface area (Å²) in [4.78, 5) is 0. The van der Waals surface area contributed by atoms with E-state index < -0.39 is 0 Å². The fourth-order valence-corrected chi connectivity index (χ4v) is 5.79. The molecule has 0 saturated heterocycles. The Morgan fingerprint density at radius 3 is 0.941 bits per heavy atom. The smallest absolute Gasteiger partial charge is 0.0154 e. The SMILES string of the molecule is CCCCCCCCCCCCC(CN)(CCCCCCCCCCCC)C(C)(C)C(C)(C)N. The Bertz CT molecular complexity index is 411. The summed E-state index contributed by atoms with van der Waals surface area (Å²) in [5.74, 6) is 0. The van der Waals surface area contributed by atoms with E-state index in [0.29, 0.717) is 0 Å². The molecule has 34 heavy (non-hydrogen) atoms. The summed E-state index contributed by atoms with van der Waals surface area (Å²) in [6.07, 6.45) is 30.4. The lowest BCUT2D eigenvalue weighted by Gasteiger charge is -2.54. The molecule has 0 spiro atoms. The average molecular weight is 481 g/mol. The molecule has 0 aliphatic rings. The van der Waals surface area contributed by atoms with Gasteiger partial charge < -0.3 is 11.5 Å². The highest BCUT2D eigenvalue weighted by atomic mass is 14.8. The van der Waals surface area contributed by atoms with Gasteiger partial charge in [-0.1, -0.05) is 156 Å². The van der Waals surface area contributed by atoms with Gasteiger partial charge in [0.2, 0.25) is 0 Å². The zero-order chi connectivity index (χ0) is 25.8. The van der Waals surface area contributed by atoms with E-state index in [0.717, 1.165) is 6.54 Å². The van der Waals surface area contributed by atoms with Crippen molar-refractivity contribution in [1.29, 1.82) is 0 Å². The minimum atomic E-state index is -0.219. The van der Waals surface area contributed by atoms with E-state index in [9.17, 15) is 0 Å². The summed E-state index contributed by atoms with van der Waals surface area (Å²) in [6, 6.07) is 0. The number of hydrogen-bond donors (Lipinski definition) is 2. The average Bonchev–Trinajstić information content (AvgIpc) is 2.79. The first kappa shape index (κ1) is 33.9. The predicted octanol–water partition coefficient (Wildman–Crippen LogP) is 10.3. The van der Waals surface area contributed by atoms with Crippen molar-refractivity contribution < 1.29 is 0 Å². The van der Waals surface area contributed by atoms with Crippen LogP contribution in [-0.2, 0) is 0 Å². The molecule has 0 aromatic rings. The Hall–Kier alpha value is -0.0800. The molecule has 0 atom stereocenters. The van der Waals surface area contributed by atoms with E-state index in [2.05, 4.69) is 41.5 Å². The first-order valence-electron chi connectivity index (χ1n) is 15.7. The Morgan fingerprint density at radius 1 is 0.441 bits per heavy atom. The van der Waals surface area contributed by atoms with E-state index >= 15 is 0 Å². The zero-order valence-electron chi connectivity index (χ0n) is 24.9. The monoisotopic (exact) mass is 481 g/mol. The maximum atomic E-state index is 6.76. The Kier molecular flexibility index (Phi) is 20.0. The molecule has 2 nitrogen and oxygen atoms in total. The quantitative estimate of drug-likeness (QED) is 0.128. The first-order chi connectivity index (χ1) is 16.2. The number of hydrogen-bond acceptors (Lipinski definition) is 2. The van der Waals surface area contributed by atoms with Crippen LogP contribution in [0.3, 0.4) is 0 Å². The topological polar surface area (TPSA) is 52.0 Å². The fraction of sp³-hybridized carbons (Fsp3) is 1.00. The third-order valence-corrected chi connectivity index (χ3v) is 9.35. The van der Waals surface area contributed by atoms with Gasteiger partial charge in [0.25, 0.3) is 0 Å². The van der Waals surface area contributed by atoms with Gasteiger partial charge in [-0.2, -0.15) is 0 Å². The van der Waals surface area contributed by atoms with Gasteiger partial charge >= 0.3 is 0 Å². The van der Waals surface area contributed by atoms with Crippen LogP contribution in [0.4, 0.5) is 0 Å². The fourth-order valence-electron chi connectivity index (χ4n) is 5.79. The molecule has 0 heterocycles. The van der Waals surface area contributed by atoms with E-state index in [-0.39, 0.29) is 16.4 Å². The first-order valence-corrected chi connectivity index (χ1v) is 15.7. The van der Waals surface area contributed by atoms with Gasteiger partial charge in [0, 0.05) is 5.54 Å². The molecule has 206 valence electrons. The van der Waals surface area contributed by atoms with Crippen LogP contribution >= 0.6 is 0 Å². The van der Waals surface area contributed by atoms with E-state index in [1.807, 2.05) is 0 Å². The predicted molar refractivity (Wildman–Crippen MR) is 156 cm³/mol. The second kappa shape index (κ2) is 20.0. The second-order valence-electron chi connectivity index (χ2n) is 12.7. The van der Waals surface area contributed by atoms with Gasteiger partial charge in [0.05, 0.1) is 0 Å². The van der Waals surface area contributed by atoms with Crippen LogP contribution in [0.5, 0.6) is 0 Å². The number of unbranched alkanes of at least 4 members (excludes halogenated alkanes) is 18. The molecule has 0 saturated carbocycles. The highest BCUT2D eigenvalue weighted by molar-refractivity contribution is 5.03. The summed E-state index contributed by atoms with van der Waals surface area (Å²) in [6.45, 7) is 14.6. The molecule has 0 aliphatic heterocycles. The van der Waals surface area contributed by atoms with Crippen LogP contribution in [0, 0.1) is 10.8 Å². The normalized spacial score (nSPS) is 13.1. The third-order valence-electron chi connectivity index (χ3n) is 9.35. The van der Waals surface area contributed by atoms with Crippen molar-refractivity contribution in [2.24, 2.45) is 22.3 Å². The van der Waals surface area contributed by atoms with Crippen LogP contribution in [-0.4, -0.2) is 12.1 Å². The number of nitrogens with two attached hydrogens (primary N) is 2. The Morgan fingerprint density at radius 2 is 0.706 bits per heavy atom. The molecule has 0 amide bonds. The van der Waals surface area contributed by atoms with Crippen molar-refractivity contribution in [3.8, 4) is 0 Å². The number of rotatable bonds is 25. The van der Waals surface area contributed by atoms with Crippen LogP contribution in [0.25, 0.3) is 0 Å². The minimum Gasteiger partial charge on any atom is -0.330 e. The maximum absolute atomic E-state index is 6.76. The summed E-state index contributed by atoms with van der Waals surface area (Å²) in [7, 11) is 0. The van der Waals surface area contributed by atoms with Gasteiger partial charge in [-0.15, -0.1) is 0 Å². The van der Waals surface area contributed by atoms with Crippen molar-refractivity contribution in [3.05, 3.63) is 0 Å².